The Balaban J connectivity index is 1.31. The largest absolute Gasteiger partial charge is 0.455 e. The van der Waals surface area contributed by atoms with Crippen LogP contribution < -0.4 is 0 Å². The van der Waals surface area contributed by atoms with Crippen LogP contribution in [0.15, 0.2) is 174 Å². The van der Waals surface area contributed by atoms with E-state index >= 15 is 0 Å². The Bertz CT molecular complexity index is 3080. The van der Waals surface area contributed by atoms with Crippen molar-refractivity contribution in [3.05, 3.63) is 170 Å². The molecular weight excluding hydrogens is 613 g/mol. The third-order valence-electron chi connectivity index (χ3n) is 9.15. The number of hydrogen-bond acceptors (Lipinski definition) is 4. The molecule has 234 valence electrons. The van der Waals surface area contributed by atoms with Crippen molar-refractivity contribution in [1.82, 2.24) is 19.5 Å². The number of aromatic nitrogens is 4. The summed E-state index contributed by atoms with van der Waals surface area (Å²) in [6, 6.07) is 43.6. The Hall–Kier alpha value is -6.85. The van der Waals surface area contributed by atoms with E-state index in [0.717, 1.165) is 43.9 Å². The van der Waals surface area contributed by atoms with Crippen LogP contribution in [0, 0.1) is 0 Å². The lowest BCUT2D eigenvalue weighted by Crippen LogP contribution is -2.06. The molecule has 0 amide bonds. The van der Waals surface area contributed by atoms with E-state index in [1.165, 1.54) is 0 Å². The van der Waals surface area contributed by atoms with Crippen LogP contribution in [-0.2, 0) is 0 Å². The lowest BCUT2D eigenvalue weighted by Gasteiger charge is -2.11. The fraction of sp³-hybridized carbons (Fsp3) is 0. The molecule has 0 atom stereocenters. The lowest BCUT2D eigenvalue weighted by atomic mass is 9.95. The minimum atomic E-state index is -0.454. The molecule has 7 aromatic carbocycles. The van der Waals surface area contributed by atoms with Gasteiger partial charge in [0.05, 0.1) is 17.9 Å². The van der Waals surface area contributed by atoms with Crippen molar-refractivity contribution in [2.75, 3.05) is 0 Å². The summed E-state index contributed by atoms with van der Waals surface area (Å²) in [5.74, 6) is 1.38. The predicted molar refractivity (Wildman–Crippen MR) is 203 cm³/mol. The molecule has 0 bridgehead atoms. The molecule has 0 spiro atoms. The van der Waals surface area contributed by atoms with Crippen LogP contribution in [-0.4, -0.2) is 19.5 Å². The Morgan fingerprint density at radius 3 is 1.84 bits per heavy atom. The fourth-order valence-corrected chi connectivity index (χ4v) is 6.92. The van der Waals surface area contributed by atoms with E-state index in [4.69, 9.17) is 26.2 Å². The van der Waals surface area contributed by atoms with E-state index < -0.39 is 18.1 Å². The summed E-state index contributed by atoms with van der Waals surface area (Å²) in [6.45, 7) is 0. The molecule has 0 unspecified atom stereocenters. The summed E-state index contributed by atoms with van der Waals surface area (Å²) < 4.78 is 51.7. The first kappa shape index (κ1) is 23.5. The molecule has 0 aliphatic carbocycles. The van der Waals surface area contributed by atoms with Gasteiger partial charge < -0.3 is 4.42 Å². The van der Waals surface area contributed by atoms with Gasteiger partial charge >= 0.3 is 0 Å². The average molecular weight is 646 g/mol. The molecule has 0 aliphatic rings. The van der Waals surface area contributed by atoms with Crippen molar-refractivity contribution in [2.24, 2.45) is 0 Å². The summed E-state index contributed by atoms with van der Waals surface area (Å²) in [5.41, 5.74) is 6.50. The van der Waals surface area contributed by atoms with Crippen LogP contribution in [0.4, 0.5) is 0 Å². The molecule has 0 fully saturated rings. The summed E-state index contributed by atoms with van der Waals surface area (Å²) in [7, 11) is 0. The van der Waals surface area contributed by atoms with Crippen molar-refractivity contribution in [2.45, 2.75) is 0 Å². The Morgan fingerprint density at radius 2 is 1.12 bits per heavy atom. The first-order chi connectivity index (χ1) is 26.9. The van der Waals surface area contributed by atoms with Crippen LogP contribution in [0.2, 0.25) is 0 Å². The van der Waals surface area contributed by atoms with E-state index in [9.17, 15) is 0 Å². The number of hydrogen-bond donors (Lipinski definition) is 0. The third kappa shape index (κ3) is 4.52. The molecule has 0 aliphatic heterocycles. The molecule has 50 heavy (non-hydrogen) atoms. The molecule has 0 radical (unpaired) electrons. The summed E-state index contributed by atoms with van der Waals surface area (Å²) in [5, 5.41) is 3.58. The van der Waals surface area contributed by atoms with Gasteiger partial charge in [0, 0.05) is 38.2 Å². The van der Waals surface area contributed by atoms with Crippen LogP contribution >= 0.6 is 0 Å². The van der Waals surface area contributed by atoms with E-state index in [0.29, 0.717) is 45.3 Å². The maximum atomic E-state index is 8.90. The van der Waals surface area contributed by atoms with Gasteiger partial charge in [-0.2, -0.15) is 9.97 Å². The standard InChI is InChI=1S/C45H28N4O/c1-4-15-29(16-5-1)32-27-36(30-17-6-2-7-18-30)42-37(28-32)41-35(23-14-26-40(41)50-42)44-46-43(31-19-8-3-9-20-31)47-45(48-44)49-38-24-12-10-21-33(38)34-22-11-13-25-39(34)49/h1-28H/i2D,6D,7D,17D,18D. The summed E-state index contributed by atoms with van der Waals surface area (Å²) in [4.78, 5) is 15.4. The highest BCUT2D eigenvalue weighted by Gasteiger charge is 2.22. The number of fused-ring (bicyclic) bond motifs is 6. The second-order valence-electron chi connectivity index (χ2n) is 12.1. The maximum Gasteiger partial charge on any atom is 0.238 e. The van der Waals surface area contributed by atoms with Gasteiger partial charge in [0.1, 0.15) is 11.2 Å². The SMILES string of the molecule is [2H]c1c([2H])c([2H])c(-c2cc(-c3ccccc3)cc3c2oc2cccc(-c4nc(-c5ccccc5)nc(-n5c6ccccc6c6ccccc65)n4)c23)c([2H])c1[2H]. The quantitative estimate of drug-likeness (QED) is 0.187. The van der Waals surface area contributed by atoms with Crippen LogP contribution in [0.25, 0.3) is 94.7 Å². The highest BCUT2D eigenvalue weighted by molar-refractivity contribution is 6.16. The third-order valence-corrected chi connectivity index (χ3v) is 9.15. The van der Waals surface area contributed by atoms with E-state index in [-0.39, 0.29) is 17.6 Å². The average Bonchev–Trinajstić information content (AvgIpc) is 3.79. The van der Waals surface area contributed by atoms with Crippen molar-refractivity contribution in [3.63, 3.8) is 0 Å². The van der Waals surface area contributed by atoms with Gasteiger partial charge in [-0.05, 0) is 47.0 Å². The van der Waals surface area contributed by atoms with Gasteiger partial charge in [-0.15, -0.1) is 0 Å². The second-order valence-corrected chi connectivity index (χ2v) is 12.1. The minimum absolute atomic E-state index is 0.0644. The highest BCUT2D eigenvalue weighted by atomic mass is 16.3. The fourth-order valence-electron chi connectivity index (χ4n) is 6.92. The van der Waals surface area contributed by atoms with Crippen molar-refractivity contribution >= 4 is 43.7 Å². The van der Waals surface area contributed by atoms with Gasteiger partial charge in [-0.3, -0.25) is 4.57 Å². The van der Waals surface area contributed by atoms with Gasteiger partial charge in [0.15, 0.2) is 11.6 Å². The number of benzene rings is 7. The van der Waals surface area contributed by atoms with Gasteiger partial charge in [-0.1, -0.05) is 139 Å². The Labute approximate surface area is 294 Å². The molecule has 5 heteroatoms. The van der Waals surface area contributed by atoms with Crippen molar-refractivity contribution in [1.29, 1.82) is 0 Å². The number of rotatable bonds is 5. The summed E-state index contributed by atoms with van der Waals surface area (Å²) in [6.07, 6.45) is 0. The Morgan fingerprint density at radius 1 is 0.480 bits per heavy atom. The highest BCUT2D eigenvalue weighted by Crippen LogP contribution is 2.43. The van der Waals surface area contributed by atoms with Crippen LogP contribution in [0.3, 0.4) is 0 Å². The lowest BCUT2D eigenvalue weighted by molar-refractivity contribution is 0.670. The molecule has 10 aromatic rings. The maximum absolute atomic E-state index is 8.90. The molecule has 3 aromatic heterocycles. The van der Waals surface area contributed by atoms with Crippen molar-refractivity contribution < 1.29 is 11.3 Å². The molecular formula is C45H28N4O. The van der Waals surface area contributed by atoms with Crippen LogP contribution in [0.1, 0.15) is 6.85 Å². The van der Waals surface area contributed by atoms with Crippen molar-refractivity contribution in [3.8, 4) is 51.0 Å². The smallest absolute Gasteiger partial charge is 0.238 e. The predicted octanol–water partition coefficient (Wildman–Crippen LogP) is 11.5. The molecule has 3 heterocycles. The molecule has 5 nitrogen and oxygen atoms in total. The zero-order valence-electron chi connectivity index (χ0n) is 31.5. The second kappa shape index (κ2) is 11.4. The zero-order chi connectivity index (χ0) is 37.4. The minimum Gasteiger partial charge on any atom is -0.455 e. The van der Waals surface area contributed by atoms with Crippen LogP contribution in [0.5, 0.6) is 0 Å². The van der Waals surface area contributed by atoms with E-state index in [1.807, 2.05) is 115 Å². The van der Waals surface area contributed by atoms with Gasteiger partial charge in [0.25, 0.3) is 0 Å². The molecule has 0 N–H and O–H groups in total. The topological polar surface area (TPSA) is 56.7 Å². The summed E-state index contributed by atoms with van der Waals surface area (Å²) >= 11 is 0. The van der Waals surface area contributed by atoms with E-state index in [1.54, 1.807) is 0 Å². The monoisotopic (exact) mass is 645 g/mol. The number of para-hydroxylation sites is 2. The first-order valence-corrected chi connectivity index (χ1v) is 16.3. The normalized spacial score (nSPS) is 13.0. The van der Waals surface area contributed by atoms with Gasteiger partial charge in [-0.25, -0.2) is 4.98 Å². The zero-order valence-corrected chi connectivity index (χ0v) is 26.5. The number of nitrogens with zero attached hydrogens (tertiary/aromatic N) is 4. The first-order valence-electron chi connectivity index (χ1n) is 18.8. The Kier molecular flexibility index (Phi) is 5.35. The molecule has 0 saturated heterocycles. The number of furan rings is 1. The molecule has 0 saturated carbocycles. The molecule has 10 rings (SSSR count). The van der Waals surface area contributed by atoms with E-state index in [2.05, 4.69) is 28.8 Å². The van der Waals surface area contributed by atoms with Gasteiger partial charge in [0.2, 0.25) is 5.95 Å².